The van der Waals surface area contributed by atoms with E-state index in [-0.39, 0.29) is 34.8 Å². The molecule has 23 heavy (non-hydrogen) atoms. The quantitative estimate of drug-likeness (QED) is 0.890. The first kappa shape index (κ1) is 15.3. The lowest BCUT2D eigenvalue weighted by molar-refractivity contribution is 0.0608. The zero-order chi connectivity index (χ0) is 16.4. The summed E-state index contributed by atoms with van der Waals surface area (Å²) < 4.78 is 13.5. The highest BCUT2D eigenvalue weighted by Crippen LogP contribution is 2.34. The Kier molecular flexibility index (Phi) is 4.19. The van der Waals surface area contributed by atoms with Gasteiger partial charge in [0, 0.05) is 12.6 Å². The molecule has 3 rings (SSSR count). The van der Waals surface area contributed by atoms with Gasteiger partial charge in [-0.05, 0) is 49.1 Å². The van der Waals surface area contributed by atoms with Gasteiger partial charge in [0.05, 0.1) is 11.6 Å². The molecular weight excluding hydrogens is 297 g/mol. The summed E-state index contributed by atoms with van der Waals surface area (Å²) in [6, 6.07) is 10.0. The van der Waals surface area contributed by atoms with Crippen LogP contribution >= 0.6 is 0 Å². The third-order valence-corrected chi connectivity index (χ3v) is 4.21. The summed E-state index contributed by atoms with van der Waals surface area (Å²) in [6.45, 7) is 0.556. The number of phenols is 2. The number of hydrogen-bond donors (Lipinski definition) is 2. The predicted octanol–water partition coefficient (Wildman–Crippen LogP) is 3.60. The monoisotopic (exact) mass is 315 g/mol. The lowest BCUT2D eigenvalue weighted by atomic mass is 9.94. The van der Waals surface area contributed by atoms with Crippen LogP contribution in [0, 0.1) is 5.82 Å². The minimum atomic E-state index is -0.326. The summed E-state index contributed by atoms with van der Waals surface area (Å²) in [5.74, 6) is -0.984. The molecule has 5 heteroatoms. The molecule has 120 valence electrons. The molecule has 0 aromatic heterocycles. The number of rotatable bonds is 2. The van der Waals surface area contributed by atoms with Gasteiger partial charge in [-0.15, -0.1) is 0 Å². The van der Waals surface area contributed by atoms with E-state index in [1.165, 1.54) is 24.3 Å². The fourth-order valence-electron chi connectivity index (χ4n) is 3.09. The largest absolute Gasteiger partial charge is 0.508 e. The van der Waals surface area contributed by atoms with Crippen LogP contribution in [-0.4, -0.2) is 27.6 Å². The predicted molar refractivity (Wildman–Crippen MR) is 83.8 cm³/mol. The number of carbonyl (C=O) groups excluding carboxylic acids is 1. The number of carbonyl (C=O) groups is 1. The maximum Gasteiger partial charge on any atom is 0.258 e. The number of hydrogen-bond acceptors (Lipinski definition) is 3. The Morgan fingerprint density at radius 3 is 2.70 bits per heavy atom. The SMILES string of the molecule is O=C(c1ccc(O)cc1O)N1CCCCC1c1cccc(F)c1. The van der Waals surface area contributed by atoms with E-state index in [0.717, 1.165) is 30.9 Å². The third kappa shape index (κ3) is 3.13. The zero-order valence-electron chi connectivity index (χ0n) is 12.6. The van der Waals surface area contributed by atoms with Crippen molar-refractivity contribution in [3.8, 4) is 11.5 Å². The zero-order valence-corrected chi connectivity index (χ0v) is 12.6. The lowest BCUT2D eigenvalue weighted by Crippen LogP contribution is -2.38. The Morgan fingerprint density at radius 2 is 1.96 bits per heavy atom. The number of aromatic hydroxyl groups is 2. The summed E-state index contributed by atoms with van der Waals surface area (Å²) >= 11 is 0. The van der Waals surface area contributed by atoms with Crippen molar-refractivity contribution in [2.75, 3.05) is 6.54 Å². The van der Waals surface area contributed by atoms with Crippen LogP contribution in [0.1, 0.15) is 41.2 Å². The molecule has 0 spiro atoms. The molecule has 1 unspecified atom stereocenters. The van der Waals surface area contributed by atoms with Crippen LogP contribution in [0.15, 0.2) is 42.5 Å². The molecule has 0 radical (unpaired) electrons. The molecule has 0 aliphatic carbocycles. The van der Waals surface area contributed by atoms with Crippen molar-refractivity contribution < 1.29 is 19.4 Å². The van der Waals surface area contributed by atoms with Gasteiger partial charge in [0.25, 0.3) is 5.91 Å². The first-order valence-corrected chi connectivity index (χ1v) is 7.64. The minimum Gasteiger partial charge on any atom is -0.508 e. The van der Waals surface area contributed by atoms with E-state index in [2.05, 4.69) is 0 Å². The minimum absolute atomic E-state index is 0.0978. The van der Waals surface area contributed by atoms with Crippen molar-refractivity contribution >= 4 is 5.91 Å². The molecule has 2 aromatic carbocycles. The van der Waals surface area contributed by atoms with E-state index in [1.54, 1.807) is 11.0 Å². The summed E-state index contributed by atoms with van der Waals surface area (Å²) in [4.78, 5) is 14.5. The Labute approximate surface area is 133 Å². The van der Waals surface area contributed by atoms with Crippen molar-refractivity contribution in [2.24, 2.45) is 0 Å². The molecule has 1 amide bonds. The molecule has 2 aromatic rings. The van der Waals surface area contributed by atoms with Crippen molar-refractivity contribution in [2.45, 2.75) is 25.3 Å². The molecule has 0 bridgehead atoms. The standard InChI is InChI=1S/C18H18FNO3/c19-13-5-3-4-12(10-13)16-6-1-2-9-20(16)18(23)15-8-7-14(21)11-17(15)22/h3-5,7-8,10-11,16,21-22H,1-2,6,9H2. The highest BCUT2D eigenvalue weighted by Gasteiger charge is 2.30. The maximum atomic E-state index is 13.5. The number of amides is 1. The lowest BCUT2D eigenvalue weighted by Gasteiger charge is -2.36. The third-order valence-electron chi connectivity index (χ3n) is 4.21. The van der Waals surface area contributed by atoms with E-state index >= 15 is 0 Å². The van der Waals surface area contributed by atoms with Crippen LogP contribution in [0.4, 0.5) is 4.39 Å². The number of halogens is 1. The summed E-state index contributed by atoms with van der Waals surface area (Å²) in [5, 5.41) is 19.3. The number of benzene rings is 2. The highest BCUT2D eigenvalue weighted by atomic mass is 19.1. The van der Waals surface area contributed by atoms with Gasteiger partial charge < -0.3 is 15.1 Å². The molecule has 1 atom stereocenters. The average molecular weight is 315 g/mol. The fourth-order valence-corrected chi connectivity index (χ4v) is 3.09. The Bertz CT molecular complexity index is 732. The Balaban J connectivity index is 1.93. The second kappa shape index (κ2) is 6.28. The first-order valence-electron chi connectivity index (χ1n) is 7.64. The summed E-state index contributed by atoms with van der Waals surface area (Å²) in [6.07, 6.45) is 2.59. The molecule has 1 heterocycles. The first-order chi connectivity index (χ1) is 11.1. The van der Waals surface area contributed by atoms with Gasteiger partial charge >= 0.3 is 0 Å². The van der Waals surface area contributed by atoms with Crippen molar-refractivity contribution in [3.05, 3.63) is 59.4 Å². The number of likely N-dealkylation sites (tertiary alicyclic amines) is 1. The molecule has 1 fully saturated rings. The fraction of sp³-hybridized carbons (Fsp3) is 0.278. The number of piperidine rings is 1. The topological polar surface area (TPSA) is 60.8 Å². The van der Waals surface area contributed by atoms with E-state index in [1.807, 2.05) is 6.07 Å². The molecule has 4 nitrogen and oxygen atoms in total. The molecular formula is C18H18FNO3. The van der Waals surface area contributed by atoms with Crippen molar-refractivity contribution in [1.82, 2.24) is 4.90 Å². The van der Waals surface area contributed by atoms with Crippen LogP contribution < -0.4 is 0 Å². The van der Waals surface area contributed by atoms with E-state index in [0.29, 0.717) is 6.54 Å². The Hall–Kier alpha value is -2.56. The van der Waals surface area contributed by atoms with Crippen LogP contribution in [0.3, 0.4) is 0 Å². The van der Waals surface area contributed by atoms with Gasteiger partial charge in [0.15, 0.2) is 0 Å². The van der Waals surface area contributed by atoms with E-state index in [4.69, 9.17) is 0 Å². The normalized spacial score (nSPS) is 18.0. The van der Waals surface area contributed by atoms with Gasteiger partial charge in [0.1, 0.15) is 17.3 Å². The smallest absolute Gasteiger partial charge is 0.258 e. The van der Waals surface area contributed by atoms with E-state index in [9.17, 15) is 19.4 Å². The highest BCUT2D eigenvalue weighted by molar-refractivity contribution is 5.97. The van der Waals surface area contributed by atoms with Gasteiger partial charge in [-0.2, -0.15) is 0 Å². The van der Waals surface area contributed by atoms with Gasteiger partial charge in [0.2, 0.25) is 0 Å². The summed E-state index contributed by atoms with van der Waals surface area (Å²) in [5.41, 5.74) is 0.905. The second-order valence-electron chi connectivity index (χ2n) is 5.77. The number of phenolic OH excluding ortho intramolecular Hbond substituents is 2. The Morgan fingerprint density at radius 1 is 1.13 bits per heavy atom. The van der Waals surface area contributed by atoms with Gasteiger partial charge in [-0.25, -0.2) is 4.39 Å². The van der Waals surface area contributed by atoms with Gasteiger partial charge in [-0.3, -0.25) is 4.79 Å². The average Bonchev–Trinajstić information content (AvgIpc) is 2.54. The molecule has 1 saturated heterocycles. The van der Waals surface area contributed by atoms with Crippen LogP contribution in [0.2, 0.25) is 0 Å². The molecule has 0 saturated carbocycles. The molecule has 2 N–H and O–H groups in total. The maximum absolute atomic E-state index is 13.5. The number of nitrogens with zero attached hydrogens (tertiary/aromatic N) is 1. The van der Waals surface area contributed by atoms with Gasteiger partial charge in [-0.1, -0.05) is 12.1 Å². The van der Waals surface area contributed by atoms with Crippen molar-refractivity contribution in [1.29, 1.82) is 0 Å². The molecule has 1 aliphatic rings. The van der Waals surface area contributed by atoms with E-state index < -0.39 is 0 Å². The summed E-state index contributed by atoms with van der Waals surface area (Å²) in [7, 11) is 0. The van der Waals surface area contributed by atoms with Crippen LogP contribution in [-0.2, 0) is 0 Å². The second-order valence-corrected chi connectivity index (χ2v) is 5.77. The van der Waals surface area contributed by atoms with Crippen LogP contribution in [0.25, 0.3) is 0 Å². The van der Waals surface area contributed by atoms with Crippen molar-refractivity contribution in [3.63, 3.8) is 0 Å². The molecule has 1 aliphatic heterocycles. The van der Waals surface area contributed by atoms with Crippen LogP contribution in [0.5, 0.6) is 11.5 Å².